The maximum Gasteiger partial charge on any atom is 0.299 e. The Kier molecular flexibility index (Phi) is 8.36. The zero-order valence-corrected chi connectivity index (χ0v) is 22.7. The van der Waals surface area contributed by atoms with E-state index < -0.39 is 11.4 Å². The number of ether oxygens (including phenoxy) is 1. The Bertz CT molecular complexity index is 1760. The Morgan fingerprint density at radius 3 is 2.66 bits per heavy atom. The maximum atomic E-state index is 13.9. The van der Waals surface area contributed by atoms with Crippen LogP contribution in [0.5, 0.6) is 11.5 Å². The molecule has 0 saturated heterocycles. The van der Waals surface area contributed by atoms with Crippen LogP contribution in [0.25, 0.3) is 5.69 Å². The van der Waals surface area contributed by atoms with Crippen LogP contribution in [0.1, 0.15) is 21.6 Å². The molecule has 2 heterocycles. The van der Waals surface area contributed by atoms with Gasteiger partial charge in [-0.1, -0.05) is 29.8 Å². The van der Waals surface area contributed by atoms with E-state index in [1.807, 2.05) is 25.1 Å². The number of aryl methyl sites for hydroxylation is 1. The van der Waals surface area contributed by atoms with Crippen molar-refractivity contribution >= 4 is 28.9 Å². The van der Waals surface area contributed by atoms with Crippen molar-refractivity contribution in [2.75, 3.05) is 11.9 Å². The monoisotopic (exact) mass is 569 g/mol. The number of carbonyl (C=O) groups is 1. The lowest BCUT2D eigenvalue weighted by Gasteiger charge is -2.15. The van der Waals surface area contributed by atoms with Crippen molar-refractivity contribution in [1.29, 1.82) is 0 Å². The van der Waals surface area contributed by atoms with Gasteiger partial charge < -0.3 is 15.4 Å². The van der Waals surface area contributed by atoms with Gasteiger partial charge in [-0.3, -0.25) is 14.6 Å². The molecule has 0 aliphatic heterocycles. The summed E-state index contributed by atoms with van der Waals surface area (Å²) in [7, 11) is 0. The summed E-state index contributed by atoms with van der Waals surface area (Å²) in [5.41, 5.74) is 2.24. The summed E-state index contributed by atoms with van der Waals surface area (Å²) in [6.07, 6.45) is 3.67. The summed E-state index contributed by atoms with van der Waals surface area (Å²) in [5, 5.41) is 10.8. The molecular formula is C31H25ClFN5O3. The van der Waals surface area contributed by atoms with Crippen LogP contribution in [0.15, 0.2) is 102 Å². The largest absolute Gasteiger partial charge is 0.453 e. The summed E-state index contributed by atoms with van der Waals surface area (Å²) in [6.45, 7) is 2.25. The second-order valence-corrected chi connectivity index (χ2v) is 9.53. The highest BCUT2D eigenvalue weighted by molar-refractivity contribution is 6.31. The first-order valence-electron chi connectivity index (χ1n) is 12.7. The Balaban J connectivity index is 1.43. The third-order valence-electron chi connectivity index (χ3n) is 6.14. The van der Waals surface area contributed by atoms with Gasteiger partial charge in [-0.25, -0.2) is 4.39 Å². The first-order chi connectivity index (χ1) is 19.9. The number of anilines is 2. The van der Waals surface area contributed by atoms with Gasteiger partial charge in [0.1, 0.15) is 11.6 Å². The summed E-state index contributed by atoms with van der Waals surface area (Å²) in [4.78, 5) is 30.7. The molecule has 0 spiro atoms. The van der Waals surface area contributed by atoms with Crippen molar-refractivity contribution in [2.45, 2.75) is 13.3 Å². The number of nitrogens with one attached hydrogen (secondary N) is 2. The molecule has 8 nitrogen and oxygen atoms in total. The van der Waals surface area contributed by atoms with Crippen molar-refractivity contribution in [3.05, 3.63) is 135 Å². The fourth-order valence-electron chi connectivity index (χ4n) is 4.07. The number of hydrogen-bond acceptors (Lipinski definition) is 6. The van der Waals surface area contributed by atoms with Gasteiger partial charge in [0.25, 0.3) is 11.5 Å². The minimum absolute atomic E-state index is 0.0459. The van der Waals surface area contributed by atoms with Crippen LogP contribution in [0.2, 0.25) is 5.02 Å². The summed E-state index contributed by atoms with van der Waals surface area (Å²) in [5.74, 6) is -0.204. The molecule has 0 fully saturated rings. The molecule has 2 N–H and O–H groups in total. The average molecular weight is 570 g/mol. The predicted octanol–water partition coefficient (Wildman–Crippen LogP) is 6.24. The second kappa shape index (κ2) is 12.4. The van der Waals surface area contributed by atoms with Crippen molar-refractivity contribution in [1.82, 2.24) is 20.1 Å². The first-order valence-corrected chi connectivity index (χ1v) is 13.1. The number of benzene rings is 3. The topological polar surface area (TPSA) is 98.1 Å². The van der Waals surface area contributed by atoms with Gasteiger partial charge in [-0.2, -0.15) is 9.78 Å². The van der Waals surface area contributed by atoms with E-state index in [9.17, 15) is 14.0 Å². The molecule has 5 aromatic rings. The highest BCUT2D eigenvalue weighted by atomic mass is 35.5. The molecule has 0 atom stereocenters. The second-order valence-electron chi connectivity index (χ2n) is 9.13. The van der Waals surface area contributed by atoms with Crippen molar-refractivity contribution in [3.8, 4) is 17.2 Å². The van der Waals surface area contributed by atoms with Gasteiger partial charge >= 0.3 is 0 Å². The average Bonchev–Trinajstić information content (AvgIpc) is 2.97. The van der Waals surface area contributed by atoms with Crippen LogP contribution in [0, 0.1) is 12.7 Å². The maximum absolute atomic E-state index is 13.9. The summed E-state index contributed by atoms with van der Waals surface area (Å²) in [6, 6.07) is 23.0. The molecule has 206 valence electrons. The standard InChI is InChI=1S/C31H25ClFN5O3/c1-20-16-26(11-12-27(20)32)41-28-19-36-38(25-10-5-7-22(33)18-25)31(40)29(28)37-24-9-4-6-21(17-24)30(39)35-15-13-23-8-2-3-14-34-23/h2-12,14,16-19,37H,13,15H2,1H3,(H,35,39). The lowest BCUT2D eigenvalue weighted by molar-refractivity contribution is 0.0954. The van der Waals surface area contributed by atoms with E-state index in [2.05, 4.69) is 20.7 Å². The molecule has 0 aliphatic carbocycles. The van der Waals surface area contributed by atoms with Gasteiger partial charge in [0.05, 0.1) is 11.9 Å². The van der Waals surface area contributed by atoms with Gasteiger partial charge in [-0.15, -0.1) is 0 Å². The van der Waals surface area contributed by atoms with Gasteiger partial charge in [0, 0.05) is 41.1 Å². The van der Waals surface area contributed by atoms with E-state index in [0.29, 0.717) is 35.0 Å². The number of amides is 1. The molecule has 1 amide bonds. The van der Waals surface area contributed by atoms with Crippen LogP contribution in [0.3, 0.4) is 0 Å². The number of aromatic nitrogens is 3. The number of pyridine rings is 1. The zero-order chi connectivity index (χ0) is 28.8. The zero-order valence-electron chi connectivity index (χ0n) is 22.0. The number of halogens is 2. The highest BCUT2D eigenvalue weighted by Gasteiger charge is 2.17. The van der Waals surface area contributed by atoms with E-state index in [1.54, 1.807) is 54.7 Å². The third-order valence-corrected chi connectivity index (χ3v) is 6.56. The number of nitrogens with zero attached hydrogens (tertiary/aromatic N) is 3. The van der Waals surface area contributed by atoms with Crippen LogP contribution < -0.4 is 20.9 Å². The van der Waals surface area contributed by atoms with Crippen molar-refractivity contribution in [3.63, 3.8) is 0 Å². The van der Waals surface area contributed by atoms with Crippen LogP contribution in [-0.2, 0) is 6.42 Å². The quantitative estimate of drug-likeness (QED) is 0.218. The van der Waals surface area contributed by atoms with Gasteiger partial charge in [0.15, 0.2) is 11.4 Å². The van der Waals surface area contributed by atoms with E-state index >= 15 is 0 Å². The van der Waals surface area contributed by atoms with E-state index in [0.717, 1.165) is 15.9 Å². The fraction of sp³-hybridized carbons (Fsp3) is 0.0968. The SMILES string of the molecule is Cc1cc(Oc2cnn(-c3cccc(F)c3)c(=O)c2Nc2cccc(C(=O)NCCc3ccccn3)c2)ccc1Cl. The van der Waals surface area contributed by atoms with Crippen LogP contribution in [-0.4, -0.2) is 27.2 Å². The van der Waals surface area contributed by atoms with Crippen molar-refractivity contribution < 1.29 is 13.9 Å². The normalized spacial score (nSPS) is 10.7. The Labute approximate surface area is 240 Å². The molecular weight excluding hydrogens is 545 g/mol. The van der Waals surface area contributed by atoms with Gasteiger partial charge in [-0.05, 0) is 79.2 Å². The smallest absolute Gasteiger partial charge is 0.299 e. The first kappa shape index (κ1) is 27.5. The molecule has 10 heteroatoms. The Morgan fingerprint density at radius 2 is 1.88 bits per heavy atom. The molecule has 0 aliphatic rings. The fourth-order valence-corrected chi connectivity index (χ4v) is 4.18. The van der Waals surface area contributed by atoms with E-state index in [-0.39, 0.29) is 23.0 Å². The molecule has 0 radical (unpaired) electrons. The third kappa shape index (κ3) is 6.77. The van der Waals surface area contributed by atoms with E-state index in [1.165, 1.54) is 24.4 Å². The Hall–Kier alpha value is -5.02. The molecule has 5 rings (SSSR count). The summed E-state index contributed by atoms with van der Waals surface area (Å²) >= 11 is 6.15. The number of rotatable bonds is 9. The lowest BCUT2D eigenvalue weighted by atomic mass is 10.1. The molecule has 0 bridgehead atoms. The molecule has 3 aromatic carbocycles. The molecule has 2 aromatic heterocycles. The van der Waals surface area contributed by atoms with Crippen LogP contribution >= 0.6 is 11.6 Å². The summed E-state index contributed by atoms with van der Waals surface area (Å²) < 4.78 is 21.0. The molecule has 0 unspecified atom stereocenters. The number of hydrogen-bond donors (Lipinski definition) is 2. The molecule has 0 saturated carbocycles. The Morgan fingerprint density at radius 1 is 1.02 bits per heavy atom. The molecule has 41 heavy (non-hydrogen) atoms. The minimum Gasteiger partial charge on any atom is -0.453 e. The minimum atomic E-state index is -0.580. The van der Waals surface area contributed by atoms with E-state index in [4.69, 9.17) is 16.3 Å². The van der Waals surface area contributed by atoms with Crippen molar-refractivity contribution in [2.24, 2.45) is 0 Å². The number of carbonyl (C=O) groups excluding carboxylic acids is 1. The predicted molar refractivity (Wildman–Crippen MR) is 156 cm³/mol. The van der Waals surface area contributed by atoms with Crippen LogP contribution in [0.4, 0.5) is 15.8 Å². The van der Waals surface area contributed by atoms with Gasteiger partial charge in [0.2, 0.25) is 0 Å². The highest BCUT2D eigenvalue weighted by Crippen LogP contribution is 2.31. The lowest BCUT2D eigenvalue weighted by Crippen LogP contribution is -2.26.